The fourth-order valence-electron chi connectivity index (χ4n) is 2.61. The van der Waals surface area contributed by atoms with E-state index in [1.807, 2.05) is 24.3 Å². The first-order chi connectivity index (χ1) is 14.5. The monoisotopic (exact) mass is 456 g/mol. The van der Waals surface area contributed by atoms with E-state index in [0.29, 0.717) is 31.8 Å². The normalized spacial score (nSPS) is 11.1. The van der Waals surface area contributed by atoms with Gasteiger partial charge in [0.25, 0.3) is 5.91 Å². The first-order valence-corrected chi connectivity index (χ1v) is 10.6. The number of halogens is 1. The van der Waals surface area contributed by atoms with Crippen LogP contribution < -0.4 is 10.2 Å². The molecular formula is C20H13ClN4O3S2. The molecule has 4 rings (SSSR count). The van der Waals surface area contributed by atoms with Crippen molar-refractivity contribution in [2.75, 3.05) is 0 Å². The van der Waals surface area contributed by atoms with E-state index in [2.05, 4.69) is 20.1 Å². The van der Waals surface area contributed by atoms with Gasteiger partial charge in [-0.2, -0.15) is 5.10 Å². The summed E-state index contributed by atoms with van der Waals surface area (Å²) in [6, 6.07) is 14.3. The van der Waals surface area contributed by atoms with Crippen molar-refractivity contribution in [1.29, 1.82) is 0 Å². The number of aryl methyl sites for hydroxylation is 1. The molecule has 0 atom stereocenters. The number of nitrogens with zero attached hydrogens (tertiary/aromatic N) is 3. The molecule has 0 aliphatic carbocycles. The Hall–Kier alpha value is -3.14. The minimum absolute atomic E-state index is 0.339. The molecule has 150 valence electrons. The third-order valence-electron chi connectivity index (χ3n) is 4.03. The summed E-state index contributed by atoms with van der Waals surface area (Å²) in [7, 11) is 0. The zero-order valence-corrected chi connectivity index (χ0v) is 17.8. The molecule has 10 heteroatoms. The maximum absolute atomic E-state index is 12.6. The molecule has 0 bridgehead atoms. The average molecular weight is 457 g/mol. The van der Waals surface area contributed by atoms with Crippen molar-refractivity contribution in [3.8, 4) is 5.75 Å². The van der Waals surface area contributed by atoms with Gasteiger partial charge in [-0.15, -0.1) is 16.4 Å². The molecule has 2 heterocycles. The lowest BCUT2D eigenvalue weighted by molar-refractivity contribution is 0.0740. The largest absolute Gasteiger partial charge is 0.422 e. The molecule has 7 nitrogen and oxygen atoms in total. The highest BCUT2D eigenvalue weighted by atomic mass is 35.5. The SMILES string of the molecule is Cc1nnsc1C(=O)N/N=C/c1cccc(OC(=O)c2sc3ccccc3c2Cl)c1. The Balaban J connectivity index is 1.45. The molecule has 4 aromatic rings. The van der Waals surface area contributed by atoms with Crippen molar-refractivity contribution in [1.82, 2.24) is 15.0 Å². The van der Waals surface area contributed by atoms with Crippen LogP contribution >= 0.6 is 34.5 Å². The van der Waals surface area contributed by atoms with Gasteiger partial charge in [0.15, 0.2) is 0 Å². The number of rotatable bonds is 5. The van der Waals surface area contributed by atoms with Crippen LogP contribution in [0.25, 0.3) is 10.1 Å². The van der Waals surface area contributed by atoms with Crippen molar-refractivity contribution in [3.63, 3.8) is 0 Å². The molecule has 1 N–H and O–H groups in total. The summed E-state index contributed by atoms with van der Waals surface area (Å²) in [6.07, 6.45) is 1.45. The van der Waals surface area contributed by atoms with Crippen molar-refractivity contribution < 1.29 is 14.3 Å². The summed E-state index contributed by atoms with van der Waals surface area (Å²) in [6.45, 7) is 1.70. The smallest absolute Gasteiger partial charge is 0.355 e. The fraction of sp³-hybridized carbons (Fsp3) is 0.0500. The molecule has 0 saturated heterocycles. The molecule has 30 heavy (non-hydrogen) atoms. The summed E-state index contributed by atoms with van der Waals surface area (Å²) in [5.41, 5.74) is 3.60. The maximum atomic E-state index is 12.6. The third kappa shape index (κ3) is 4.23. The second-order valence-electron chi connectivity index (χ2n) is 6.09. The zero-order chi connectivity index (χ0) is 21.1. The van der Waals surface area contributed by atoms with Gasteiger partial charge >= 0.3 is 5.97 Å². The number of ether oxygens (including phenoxy) is 1. The van der Waals surface area contributed by atoms with Crippen LogP contribution in [0.1, 0.15) is 30.6 Å². The lowest BCUT2D eigenvalue weighted by Crippen LogP contribution is -2.17. The van der Waals surface area contributed by atoms with Gasteiger partial charge in [-0.1, -0.05) is 46.4 Å². The highest BCUT2D eigenvalue weighted by Gasteiger charge is 2.19. The second kappa shape index (κ2) is 8.70. The van der Waals surface area contributed by atoms with Crippen molar-refractivity contribution >= 4 is 62.6 Å². The molecule has 1 amide bonds. The molecule has 0 saturated carbocycles. The van der Waals surface area contributed by atoms with Gasteiger partial charge < -0.3 is 4.74 Å². The number of esters is 1. The van der Waals surface area contributed by atoms with Crippen LogP contribution in [0, 0.1) is 6.92 Å². The van der Waals surface area contributed by atoms with Gasteiger partial charge in [-0.05, 0) is 42.2 Å². The number of thiophene rings is 1. The number of amides is 1. The Morgan fingerprint density at radius 3 is 2.77 bits per heavy atom. The van der Waals surface area contributed by atoms with Crippen LogP contribution in [0.5, 0.6) is 5.75 Å². The van der Waals surface area contributed by atoms with Crippen molar-refractivity contribution in [2.45, 2.75) is 6.92 Å². The highest BCUT2D eigenvalue weighted by molar-refractivity contribution is 7.21. The Morgan fingerprint density at radius 2 is 2.00 bits per heavy atom. The van der Waals surface area contributed by atoms with Crippen LogP contribution in [0.15, 0.2) is 53.6 Å². The van der Waals surface area contributed by atoms with E-state index in [9.17, 15) is 9.59 Å². The zero-order valence-electron chi connectivity index (χ0n) is 15.5. The Bertz CT molecular complexity index is 1280. The number of hydrazone groups is 1. The van der Waals surface area contributed by atoms with Gasteiger partial charge in [0.05, 0.1) is 16.9 Å². The van der Waals surface area contributed by atoms with Crippen LogP contribution in [0.2, 0.25) is 5.02 Å². The molecule has 2 aromatic carbocycles. The molecule has 2 aromatic heterocycles. The molecule has 0 unspecified atom stereocenters. The predicted molar refractivity (Wildman–Crippen MR) is 118 cm³/mol. The van der Waals surface area contributed by atoms with Crippen LogP contribution in [-0.2, 0) is 0 Å². The van der Waals surface area contributed by atoms with Gasteiger partial charge in [0.2, 0.25) is 0 Å². The summed E-state index contributed by atoms with van der Waals surface area (Å²) >= 11 is 8.62. The number of hydrogen-bond acceptors (Lipinski definition) is 8. The van der Waals surface area contributed by atoms with E-state index in [0.717, 1.165) is 21.6 Å². The predicted octanol–water partition coefficient (Wildman–Crippen LogP) is 4.70. The summed E-state index contributed by atoms with van der Waals surface area (Å²) in [5.74, 6) is -0.580. The maximum Gasteiger partial charge on any atom is 0.355 e. The molecule has 0 fully saturated rings. The number of benzene rings is 2. The van der Waals surface area contributed by atoms with Gasteiger partial charge in [0.1, 0.15) is 15.5 Å². The van der Waals surface area contributed by atoms with Crippen LogP contribution in [0.4, 0.5) is 0 Å². The van der Waals surface area contributed by atoms with Gasteiger partial charge in [-0.25, -0.2) is 10.2 Å². The number of aromatic nitrogens is 2. The lowest BCUT2D eigenvalue weighted by Gasteiger charge is -2.04. The van der Waals surface area contributed by atoms with E-state index in [1.165, 1.54) is 17.6 Å². The molecular weight excluding hydrogens is 444 g/mol. The Labute approximate surface area is 184 Å². The average Bonchev–Trinajstić information content (AvgIpc) is 3.32. The molecule has 0 aliphatic rings. The lowest BCUT2D eigenvalue weighted by atomic mass is 10.2. The number of hydrogen-bond donors (Lipinski definition) is 1. The van der Waals surface area contributed by atoms with Gasteiger partial charge in [0, 0.05) is 10.1 Å². The first kappa shape index (κ1) is 20.1. The minimum atomic E-state index is -0.531. The minimum Gasteiger partial charge on any atom is -0.422 e. The van der Waals surface area contributed by atoms with Gasteiger partial charge in [-0.3, -0.25) is 4.79 Å². The van der Waals surface area contributed by atoms with Crippen LogP contribution in [-0.4, -0.2) is 27.7 Å². The Morgan fingerprint density at radius 1 is 1.17 bits per heavy atom. The first-order valence-electron chi connectivity index (χ1n) is 8.64. The third-order valence-corrected chi connectivity index (χ3v) is 6.51. The van der Waals surface area contributed by atoms with Crippen molar-refractivity contribution in [2.24, 2.45) is 5.10 Å². The number of nitrogens with one attached hydrogen (secondary N) is 1. The Kier molecular flexibility index (Phi) is 5.84. The van der Waals surface area contributed by atoms with E-state index >= 15 is 0 Å². The topological polar surface area (TPSA) is 93.5 Å². The summed E-state index contributed by atoms with van der Waals surface area (Å²) < 4.78 is 10.1. The van der Waals surface area contributed by atoms with E-state index in [4.69, 9.17) is 16.3 Å². The van der Waals surface area contributed by atoms with E-state index in [-0.39, 0.29) is 5.91 Å². The summed E-state index contributed by atoms with van der Waals surface area (Å²) in [4.78, 5) is 25.3. The molecule has 0 radical (unpaired) electrons. The van der Waals surface area contributed by atoms with Crippen LogP contribution in [0.3, 0.4) is 0 Å². The highest BCUT2D eigenvalue weighted by Crippen LogP contribution is 2.35. The van der Waals surface area contributed by atoms with E-state index < -0.39 is 5.97 Å². The van der Waals surface area contributed by atoms with E-state index in [1.54, 1.807) is 31.2 Å². The standard InChI is InChI=1S/C20H13ClN4O3S2/c1-11-17(30-25-23-11)19(26)24-22-10-12-5-4-6-13(9-12)28-20(27)18-16(21)14-7-2-3-8-15(14)29-18/h2-10H,1H3,(H,24,26)/b22-10+. The number of carbonyl (C=O) groups is 2. The van der Waals surface area contributed by atoms with Crippen molar-refractivity contribution in [3.05, 3.63) is 74.6 Å². The number of fused-ring (bicyclic) bond motifs is 1. The molecule has 0 spiro atoms. The second-order valence-corrected chi connectivity index (χ2v) is 8.27. The fourth-order valence-corrected chi connectivity index (χ4v) is 4.54. The summed E-state index contributed by atoms with van der Waals surface area (Å²) in [5, 5.41) is 8.92. The quantitative estimate of drug-likeness (QED) is 0.203. The number of carbonyl (C=O) groups excluding carboxylic acids is 2. The molecule has 0 aliphatic heterocycles.